The summed E-state index contributed by atoms with van der Waals surface area (Å²) in [5, 5.41) is 5.83. The highest BCUT2D eigenvalue weighted by molar-refractivity contribution is 5.92. The number of anilines is 1. The molecule has 1 aliphatic rings. The molecule has 0 spiro atoms. The third-order valence-electron chi connectivity index (χ3n) is 4.54. The first-order valence-corrected chi connectivity index (χ1v) is 9.09. The smallest absolute Gasteiger partial charge is 0.238 e. The molecular formula is C19H29N3O4. The molecule has 26 heavy (non-hydrogen) atoms. The second-order valence-corrected chi connectivity index (χ2v) is 6.46. The van der Waals surface area contributed by atoms with E-state index in [1.807, 2.05) is 6.92 Å². The van der Waals surface area contributed by atoms with Crippen molar-refractivity contribution >= 4 is 17.5 Å². The van der Waals surface area contributed by atoms with Crippen LogP contribution in [0.4, 0.5) is 5.69 Å². The standard InChI is InChI=1S/C19H29N3O4/c1-4-9-20-19(24)14-7-10-22(11-8-14)13-18(23)21-15-5-6-16(25-2)17(12-15)26-3/h5-6,12,14H,4,7-11,13H2,1-3H3,(H,20,24)(H,21,23). The van der Waals surface area contributed by atoms with Crippen LogP contribution in [-0.2, 0) is 9.59 Å². The largest absolute Gasteiger partial charge is 0.493 e. The number of hydrogen-bond donors (Lipinski definition) is 2. The molecule has 0 bridgehead atoms. The van der Waals surface area contributed by atoms with Crippen molar-refractivity contribution in [3.63, 3.8) is 0 Å². The van der Waals surface area contributed by atoms with Gasteiger partial charge in [0.05, 0.1) is 20.8 Å². The number of likely N-dealkylation sites (tertiary alicyclic amines) is 1. The van der Waals surface area contributed by atoms with Crippen LogP contribution in [-0.4, -0.2) is 57.1 Å². The van der Waals surface area contributed by atoms with Gasteiger partial charge in [-0.2, -0.15) is 0 Å². The van der Waals surface area contributed by atoms with E-state index in [0.29, 0.717) is 23.7 Å². The van der Waals surface area contributed by atoms with Crippen LogP contribution in [0.15, 0.2) is 18.2 Å². The maximum absolute atomic E-state index is 12.3. The first kappa shape index (κ1) is 20.0. The lowest BCUT2D eigenvalue weighted by Crippen LogP contribution is -2.43. The molecule has 7 heteroatoms. The molecule has 144 valence electrons. The molecule has 7 nitrogen and oxygen atoms in total. The Labute approximate surface area is 155 Å². The van der Waals surface area contributed by atoms with Crippen LogP contribution < -0.4 is 20.1 Å². The summed E-state index contributed by atoms with van der Waals surface area (Å²) in [6.45, 7) is 4.59. The monoisotopic (exact) mass is 363 g/mol. The van der Waals surface area contributed by atoms with Gasteiger partial charge in [-0.15, -0.1) is 0 Å². The Kier molecular flexibility index (Phi) is 7.72. The minimum atomic E-state index is -0.0777. The summed E-state index contributed by atoms with van der Waals surface area (Å²) in [6, 6.07) is 5.28. The van der Waals surface area contributed by atoms with Crippen LogP contribution in [0.3, 0.4) is 0 Å². The Bertz CT molecular complexity index is 613. The Hall–Kier alpha value is -2.28. The number of hydrogen-bond acceptors (Lipinski definition) is 5. The predicted octanol–water partition coefficient (Wildman–Crippen LogP) is 1.88. The summed E-state index contributed by atoms with van der Waals surface area (Å²) >= 11 is 0. The van der Waals surface area contributed by atoms with Gasteiger partial charge in [0, 0.05) is 24.2 Å². The van der Waals surface area contributed by atoms with E-state index in [1.165, 1.54) is 0 Å². The van der Waals surface area contributed by atoms with Gasteiger partial charge in [0.15, 0.2) is 11.5 Å². The average molecular weight is 363 g/mol. The molecule has 0 aromatic heterocycles. The van der Waals surface area contributed by atoms with Crippen molar-refractivity contribution in [2.24, 2.45) is 5.92 Å². The van der Waals surface area contributed by atoms with Gasteiger partial charge in [-0.3, -0.25) is 14.5 Å². The summed E-state index contributed by atoms with van der Waals surface area (Å²) in [6.07, 6.45) is 2.53. The second kappa shape index (κ2) is 10.0. The van der Waals surface area contributed by atoms with Crippen LogP contribution in [0.1, 0.15) is 26.2 Å². The van der Waals surface area contributed by atoms with Gasteiger partial charge in [0.1, 0.15) is 0 Å². The Morgan fingerprint density at radius 2 is 1.85 bits per heavy atom. The third kappa shape index (κ3) is 5.62. The Morgan fingerprint density at radius 3 is 2.46 bits per heavy atom. The molecule has 1 aliphatic heterocycles. The number of nitrogens with one attached hydrogen (secondary N) is 2. The molecule has 0 radical (unpaired) electrons. The molecule has 2 N–H and O–H groups in total. The minimum absolute atomic E-state index is 0.0618. The Balaban J connectivity index is 1.79. The zero-order chi connectivity index (χ0) is 18.9. The van der Waals surface area contributed by atoms with E-state index in [4.69, 9.17) is 9.47 Å². The van der Waals surface area contributed by atoms with Crippen LogP contribution in [0.2, 0.25) is 0 Å². The van der Waals surface area contributed by atoms with Crippen molar-refractivity contribution in [3.8, 4) is 11.5 Å². The lowest BCUT2D eigenvalue weighted by molar-refractivity contribution is -0.126. The number of rotatable bonds is 8. The van der Waals surface area contributed by atoms with Gasteiger partial charge >= 0.3 is 0 Å². The van der Waals surface area contributed by atoms with E-state index < -0.39 is 0 Å². The zero-order valence-corrected chi connectivity index (χ0v) is 15.8. The molecule has 0 saturated carbocycles. The van der Waals surface area contributed by atoms with Crippen molar-refractivity contribution in [1.82, 2.24) is 10.2 Å². The van der Waals surface area contributed by atoms with E-state index in [-0.39, 0.29) is 17.7 Å². The highest BCUT2D eigenvalue weighted by Gasteiger charge is 2.25. The zero-order valence-electron chi connectivity index (χ0n) is 15.8. The minimum Gasteiger partial charge on any atom is -0.493 e. The molecule has 0 aliphatic carbocycles. The number of piperidine rings is 1. The molecule has 1 aromatic rings. The fourth-order valence-corrected chi connectivity index (χ4v) is 3.06. The van der Waals surface area contributed by atoms with Gasteiger partial charge in [-0.05, 0) is 44.5 Å². The van der Waals surface area contributed by atoms with Crippen molar-refractivity contribution in [3.05, 3.63) is 18.2 Å². The number of carbonyl (C=O) groups is 2. The maximum atomic E-state index is 12.3. The summed E-state index contributed by atoms with van der Waals surface area (Å²) in [5.74, 6) is 1.32. The highest BCUT2D eigenvalue weighted by atomic mass is 16.5. The van der Waals surface area contributed by atoms with Crippen molar-refractivity contribution < 1.29 is 19.1 Å². The topological polar surface area (TPSA) is 79.9 Å². The SMILES string of the molecule is CCCNC(=O)C1CCN(CC(=O)Nc2ccc(OC)c(OC)c2)CC1. The first-order valence-electron chi connectivity index (χ1n) is 9.09. The van der Waals surface area contributed by atoms with Gasteiger partial charge < -0.3 is 20.1 Å². The molecule has 1 saturated heterocycles. The number of methoxy groups -OCH3 is 2. The quantitative estimate of drug-likeness (QED) is 0.737. The number of carbonyl (C=O) groups excluding carboxylic acids is 2. The number of benzene rings is 1. The average Bonchev–Trinajstić information content (AvgIpc) is 2.66. The third-order valence-corrected chi connectivity index (χ3v) is 4.54. The first-order chi connectivity index (χ1) is 12.6. The molecular weight excluding hydrogens is 334 g/mol. The summed E-state index contributed by atoms with van der Waals surface area (Å²) in [7, 11) is 3.13. The fourth-order valence-electron chi connectivity index (χ4n) is 3.06. The molecule has 1 aromatic carbocycles. The lowest BCUT2D eigenvalue weighted by atomic mass is 9.96. The molecule has 1 fully saturated rings. The van der Waals surface area contributed by atoms with Crippen LogP contribution in [0, 0.1) is 5.92 Å². The normalized spacial score (nSPS) is 15.3. The Morgan fingerprint density at radius 1 is 1.15 bits per heavy atom. The van der Waals surface area contributed by atoms with E-state index in [9.17, 15) is 9.59 Å². The van der Waals surface area contributed by atoms with Gasteiger partial charge in [-0.1, -0.05) is 6.92 Å². The van der Waals surface area contributed by atoms with E-state index in [0.717, 1.165) is 38.9 Å². The number of ether oxygens (including phenoxy) is 2. The molecule has 0 atom stereocenters. The van der Waals surface area contributed by atoms with Crippen LogP contribution in [0.25, 0.3) is 0 Å². The fraction of sp³-hybridized carbons (Fsp3) is 0.579. The summed E-state index contributed by atoms with van der Waals surface area (Å²) in [5.41, 5.74) is 0.668. The number of nitrogens with zero attached hydrogens (tertiary/aromatic N) is 1. The predicted molar refractivity (Wildman–Crippen MR) is 101 cm³/mol. The van der Waals surface area contributed by atoms with Crippen molar-refractivity contribution in [2.45, 2.75) is 26.2 Å². The summed E-state index contributed by atoms with van der Waals surface area (Å²) in [4.78, 5) is 26.4. The summed E-state index contributed by atoms with van der Waals surface area (Å²) < 4.78 is 10.4. The van der Waals surface area contributed by atoms with E-state index >= 15 is 0 Å². The second-order valence-electron chi connectivity index (χ2n) is 6.46. The van der Waals surface area contributed by atoms with Gasteiger partial charge in [-0.25, -0.2) is 0 Å². The van der Waals surface area contributed by atoms with Crippen molar-refractivity contribution in [1.29, 1.82) is 0 Å². The molecule has 1 heterocycles. The highest BCUT2D eigenvalue weighted by Crippen LogP contribution is 2.29. The van der Waals surface area contributed by atoms with E-state index in [2.05, 4.69) is 15.5 Å². The van der Waals surface area contributed by atoms with Crippen molar-refractivity contribution in [2.75, 3.05) is 45.7 Å². The molecule has 2 amide bonds. The van der Waals surface area contributed by atoms with Crippen LogP contribution >= 0.6 is 0 Å². The van der Waals surface area contributed by atoms with E-state index in [1.54, 1.807) is 32.4 Å². The van der Waals surface area contributed by atoms with Crippen LogP contribution in [0.5, 0.6) is 11.5 Å². The maximum Gasteiger partial charge on any atom is 0.238 e. The lowest BCUT2D eigenvalue weighted by Gasteiger charge is -2.30. The molecule has 0 unspecified atom stereocenters. The van der Waals surface area contributed by atoms with Gasteiger partial charge in [0.25, 0.3) is 0 Å². The molecule has 2 rings (SSSR count). The van der Waals surface area contributed by atoms with Gasteiger partial charge in [0.2, 0.25) is 11.8 Å². The number of amides is 2.